The fourth-order valence-electron chi connectivity index (χ4n) is 1.78. The van der Waals surface area contributed by atoms with E-state index in [2.05, 4.69) is 21.2 Å². The molecule has 0 aliphatic carbocycles. The van der Waals surface area contributed by atoms with Crippen molar-refractivity contribution >= 4 is 15.9 Å². The van der Waals surface area contributed by atoms with E-state index in [1.54, 1.807) is 19.1 Å². The highest BCUT2D eigenvalue weighted by Gasteiger charge is 2.29. The number of benzene rings is 1. The van der Waals surface area contributed by atoms with E-state index in [1.807, 2.05) is 13.8 Å². The van der Waals surface area contributed by atoms with Crippen LogP contribution in [0.3, 0.4) is 0 Å². The van der Waals surface area contributed by atoms with Crippen molar-refractivity contribution in [2.24, 2.45) is 0 Å². The topological polar surface area (TPSA) is 32.3 Å². The molecular weight excluding hydrogens is 273 g/mol. The average molecular weight is 290 g/mol. The van der Waals surface area contributed by atoms with Crippen molar-refractivity contribution in [1.82, 2.24) is 5.32 Å². The van der Waals surface area contributed by atoms with E-state index in [4.69, 9.17) is 0 Å². The Kier molecular flexibility index (Phi) is 4.47. The largest absolute Gasteiger partial charge is 0.394 e. The van der Waals surface area contributed by atoms with Crippen LogP contribution in [0.15, 0.2) is 22.7 Å². The summed E-state index contributed by atoms with van der Waals surface area (Å²) in [5, 5.41) is 12.6. The molecule has 0 heterocycles. The van der Waals surface area contributed by atoms with Crippen LogP contribution >= 0.6 is 15.9 Å². The summed E-state index contributed by atoms with van der Waals surface area (Å²) in [6.07, 6.45) is 0. The lowest BCUT2D eigenvalue weighted by Gasteiger charge is -2.32. The maximum atomic E-state index is 13.8. The molecule has 0 radical (unpaired) electrons. The van der Waals surface area contributed by atoms with Crippen molar-refractivity contribution in [2.75, 3.05) is 6.61 Å². The molecule has 0 aromatic heterocycles. The molecule has 1 aromatic carbocycles. The van der Waals surface area contributed by atoms with Gasteiger partial charge in [-0.3, -0.25) is 0 Å². The summed E-state index contributed by atoms with van der Waals surface area (Å²) < 4.78 is 14.5. The molecule has 2 N–H and O–H groups in total. The fraction of sp³-hybridized carbons (Fsp3) is 0.500. The first-order chi connectivity index (χ1) is 7.39. The van der Waals surface area contributed by atoms with Gasteiger partial charge < -0.3 is 10.4 Å². The number of nitrogens with one attached hydrogen (secondary N) is 1. The molecule has 1 atom stereocenters. The highest BCUT2D eigenvalue weighted by molar-refractivity contribution is 9.10. The Labute approximate surface area is 104 Å². The first kappa shape index (κ1) is 13.6. The van der Waals surface area contributed by atoms with Crippen molar-refractivity contribution in [3.63, 3.8) is 0 Å². The molecule has 0 saturated carbocycles. The Morgan fingerprint density at radius 2 is 2.12 bits per heavy atom. The third kappa shape index (κ3) is 3.03. The van der Waals surface area contributed by atoms with E-state index in [9.17, 15) is 9.50 Å². The molecular formula is C12H17BrFNO. The lowest BCUT2D eigenvalue weighted by molar-refractivity contribution is 0.162. The summed E-state index contributed by atoms with van der Waals surface area (Å²) in [6.45, 7) is 5.57. The van der Waals surface area contributed by atoms with Gasteiger partial charge in [-0.05, 0) is 32.9 Å². The van der Waals surface area contributed by atoms with E-state index in [1.165, 1.54) is 6.07 Å². The van der Waals surface area contributed by atoms with Gasteiger partial charge >= 0.3 is 0 Å². The smallest absolute Gasteiger partial charge is 0.129 e. The predicted octanol–water partition coefficient (Wildman–Crippen LogP) is 2.79. The quantitative estimate of drug-likeness (QED) is 0.893. The van der Waals surface area contributed by atoms with E-state index in [0.29, 0.717) is 10.0 Å². The van der Waals surface area contributed by atoms with Crippen LogP contribution < -0.4 is 5.32 Å². The number of hydrogen-bond acceptors (Lipinski definition) is 2. The standard InChI is InChI=1S/C12H17BrFNO/c1-8(2)15-12(3,7-16)10-5-4-9(13)6-11(10)14/h4-6,8,15-16H,7H2,1-3H3. The minimum atomic E-state index is -0.751. The Bertz CT molecular complexity index is 370. The SMILES string of the molecule is CC(C)NC(C)(CO)c1ccc(Br)cc1F. The summed E-state index contributed by atoms with van der Waals surface area (Å²) >= 11 is 3.21. The van der Waals surface area contributed by atoms with Gasteiger partial charge in [-0.2, -0.15) is 0 Å². The highest BCUT2D eigenvalue weighted by atomic mass is 79.9. The normalized spacial score (nSPS) is 15.2. The first-order valence-corrected chi connectivity index (χ1v) is 6.02. The van der Waals surface area contributed by atoms with E-state index < -0.39 is 5.54 Å². The molecule has 16 heavy (non-hydrogen) atoms. The number of aliphatic hydroxyl groups excluding tert-OH is 1. The van der Waals surface area contributed by atoms with Crippen molar-refractivity contribution in [2.45, 2.75) is 32.4 Å². The van der Waals surface area contributed by atoms with Gasteiger partial charge in [-0.1, -0.05) is 22.0 Å². The third-order valence-electron chi connectivity index (χ3n) is 2.45. The van der Waals surface area contributed by atoms with Gasteiger partial charge in [-0.15, -0.1) is 0 Å². The molecule has 0 amide bonds. The molecule has 0 aliphatic heterocycles. The van der Waals surface area contributed by atoms with Crippen LogP contribution in [0, 0.1) is 5.82 Å². The summed E-state index contributed by atoms with van der Waals surface area (Å²) in [4.78, 5) is 0. The molecule has 4 heteroatoms. The first-order valence-electron chi connectivity index (χ1n) is 5.23. The van der Waals surface area contributed by atoms with Crippen LogP contribution in [0.25, 0.3) is 0 Å². The van der Waals surface area contributed by atoms with Crippen LogP contribution in [0.2, 0.25) is 0 Å². The summed E-state index contributed by atoms with van der Waals surface area (Å²) in [7, 11) is 0. The molecule has 0 saturated heterocycles. The zero-order valence-electron chi connectivity index (χ0n) is 9.72. The minimum Gasteiger partial charge on any atom is -0.394 e. The molecule has 0 bridgehead atoms. The monoisotopic (exact) mass is 289 g/mol. The number of aliphatic hydroxyl groups is 1. The molecule has 90 valence electrons. The van der Waals surface area contributed by atoms with Gasteiger partial charge in [0.1, 0.15) is 5.82 Å². The van der Waals surface area contributed by atoms with Crippen molar-refractivity contribution < 1.29 is 9.50 Å². The zero-order valence-corrected chi connectivity index (χ0v) is 11.3. The Balaban J connectivity index is 3.12. The molecule has 1 aromatic rings. The van der Waals surface area contributed by atoms with Gasteiger partial charge in [0.05, 0.1) is 12.1 Å². The second-order valence-electron chi connectivity index (χ2n) is 4.41. The fourth-order valence-corrected chi connectivity index (χ4v) is 2.12. The van der Waals surface area contributed by atoms with Crippen LogP contribution in [0.5, 0.6) is 0 Å². The summed E-state index contributed by atoms with van der Waals surface area (Å²) in [5.41, 5.74) is -0.272. The zero-order chi connectivity index (χ0) is 12.3. The number of hydrogen-bond donors (Lipinski definition) is 2. The van der Waals surface area contributed by atoms with Crippen molar-refractivity contribution in [3.05, 3.63) is 34.1 Å². The van der Waals surface area contributed by atoms with E-state index in [0.717, 1.165) is 0 Å². The number of rotatable bonds is 4. The van der Waals surface area contributed by atoms with Crippen LogP contribution in [-0.2, 0) is 5.54 Å². The van der Waals surface area contributed by atoms with E-state index in [-0.39, 0.29) is 18.5 Å². The summed E-state index contributed by atoms with van der Waals surface area (Å²) in [5.74, 6) is -0.320. The van der Waals surface area contributed by atoms with Crippen LogP contribution in [0.4, 0.5) is 4.39 Å². The maximum Gasteiger partial charge on any atom is 0.129 e. The van der Waals surface area contributed by atoms with Crippen LogP contribution in [-0.4, -0.2) is 17.8 Å². The average Bonchev–Trinajstić information content (AvgIpc) is 2.16. The highest BCUT2D eigenvalue weighted by Crippen LogP contribution is 2.26. The second kappa shape index (κ2) is 5.25. The van der Waals surface area contributed by atoms with Gasteiger partial charge in [0, 0.05) is 16.1 Å². The Morgan fingerprint density at radius 3 is 2.56 bits per heavy atom. The van der Waals surface area contributed by atoms with Gasteiger partial charge in [0.15, 0.2) is 0 Å². The molecule has 1 unspecified atom stereocenters. The lowest BCUT2D eigenvalue weighted by atomic mass is 9.91. The Hall–Kier alpha value is -0.450. The molecule has 0 spiro atoms. The van der Waals surface area contributed by atoms with Gasteiger partial charge in [0.25, 0.3) is 0 Å². The van der Waals surface area contributed by atoms with Crippen molar-refractivity contribution in [1.29, 1.82) is 0 Å². The molecule has 2 nitrogen and oxygen atoms in total. The minimum absolute atomic E-state index is 0.149. The van der Waals surface area contributed by atoms with Crippen LogP contribution in [0.1, 0.15) is 26.3 Å². The lowest BCUT2D eigenvalue weighted by Crippen LogP contribution is -2.47. The maximum absolute atomic E-state index is 13.8. The predicted molar refractivity (Wildman–Crippen MR) is 66.8 cm³/mol. The molecule has 1 rings (SSSR count). The van der Waals surface area contributed by atoms with Gasteiger partial charge in [0.2, 0.25) is 0 Å². The molecule has 0 aliphatic rings. The van der Waals surface area contributed by atoms with Crippen molar-refractivity contribution in [3.8, 4) is 0 Å². The third-order valence-corrected chi connectivity index (χ3v) is 2.94. The summed E-state index contributed by atoms with van der Waals surface area (Å²) in [6, 6.07) is 5.03. The Morgan fingerprint density at radius 1 is 1.50 bits per heavy atom. The van der Waals surface area contributed by atoms with Gasteiger partial charge in [-0.25, -0.2) is 4.39 Å². The number of halogens is 2. The molecule has 0 fully saturated rings. The second-order valence-corrected chi connectivity index (χ2v) is 5.33. The van der Waals surface area contributed by atoms with E-state index >= 15 is 0 Å².